The van der Waals surface area contributed by atoms with Crippen molar-refractivity contribution in [2.24, 2.45) is 0 Å². The third-order valence-corrected chi connectivity index (χ3v) is 6.54. The third-order valence-electron chi connectivity index (χ3n) is 5.86. The van der Waals surface area contributed by atoms with Gasteiger partial charge < -0.3 is 14.8 Å². The van der Waals surface area contributed by atoms with Crippen molar-refractivity contribution >= 4 is 28.1 Å². The van der Waals surface area contributed by atoms with E-state index in [9.17, 15) is 0 Å². The van der Waals surface area contributed by atoms with Gasteiger partial charge in [0.1, 0.15) is 5.82 Å². The standard InChI is InChI=1S/C28H25N3O2S/c1-32-25-15-22-24(16-26(25)33-2)30-27(21-13-14-34-18-21)31-28(22)29-17-23(19-9-5-3-6-10-19)20-11-7-4-8-12-20/h3-16,18,23H,17H2,1-2H3,(H,29,30,31). The maximum atomic E-state index is 5.56. The lowest BCUT2D eigenvalue weighted by Gasteiger charge is -2.20. The van der Waals surface area contributed by atoms with Crippen molar-refractivity contribution in [3.05, 3.63) is 101 Å². The summed E-state index contributed by atoms with van der Waals surface area (Å²) in [7, 11) is 3.27. The van der Waals surface area contributed by atoms with Gasteiger partial charge in [0.2, 0.25) is 0 Å². The van der Waals surface area contributed by atoms with Gasteiger partial charge in [0, 0.05) is 34.9 Å². The molecule has 0 unspecified atom stereocenters. The summed E-state index contributed by atoms with van der Waals surface area (Å²) in [5.41, 5.74) is 4.29. The van der Waals surface area contributed by atoms with Gasteiger partial charge in [-0.1, -0.05) is 60.7 Å². The number of hydrogen-bond donors (Lipinski definition) is 1. The van der Waals surface area contributed by atoms with Crippen molar-refractivity contribution in [2.75, 3.05) is 26.1 Å². The summed E-state index contributed by atoms with van der Waals surface area (Å²) >= 11 is 1.63. The average molecular weight is 468 g/mol. The number of nitrogens with one attached hydrogen (secondary N) is 1. The van der Waals surface area contributed by atoms with Crippen LogP contribution >= 0.6 is 11.3 Å². The van der Waals surface area contributed by atoms with Crippen molar-refractivity contribution < 1.29 is 9.47 Å². The highest BCUT2D eigenvalue weighted by atomic mass is 32.1. The second kappa shape index (κ2) is 9.93. The lowest BCUT2D eigenvalue weighted by atomic mass is 9.91. The fourth-order valence-corrected chi connectivity index (χ4v) is 4.74. The Hall–Kier alpha value is -3.90. The molecule has 2 heterocycles. The van der Waals surface area contributed by atoms with Crippen LogP contribution in [-0.2, 0) is 0 Å². The van der Waals surface area contributed by atoms with E-state index in [1.165, 1.54) is 11.1 Å². The molecule has 0 bridgehead atoms. The Bertz CT molecular complexity index is 1330. The lowest BCUT2D eigenvalue weighted by Crippen LogP contribution is -2.15. The molecule has 6 heteroatoms. The molecule has 0 aliphatic heterocycles. The first-order valence-electron chi connectivity index (χ1n) is 11.1. The molecule has 0 amide bonds. The van der Waals surface area contributed by atoms with E-state index in [0.717, 1.165) is 22.3 Å². The Labute approximate surface area is 203 Å². The minimum absolute atomic E-state index is 0.164. The molecule has 5 aromatic rings. The van der Waals surface area contributed by atoms with Gasteiger partial charge in [-0.2, -0.15) is 11.3 Å². The fraction of sp³-hybridized carbons (Fsp3) is 0.143. The van der Waals surface area contributed by atoms with Crippen LogP contribution in [-0.4, -0.2) is 30.7 Å². The molecule has 5 rings (SSSR count). The summed E-state index contributed by atoms with van der Waals surface area (Å²) in [6.45, 7) is 0.678. The van der Waals surface area contributed by atoms with Crippen LogP contribution in [0.25, 0.3) is 22.3 Å². The molecular weight excluding hydrogens is 442 g/mol. The van der Waals surface area contributed by atoms with Crippen LogP contribution < -0.4 is 14.8 Å². The van der Waals surface area contributed by atoms with E-state index in [4.69, 9.17) is 19.4 Å². The molecule has 34 heavy (non-hydrogen) atoms. The van der Waals surface area contributed by atoms with Crippen molar-refractivity contribution in [3.63, 3.8) is 0 Å². The second-order valence-corrected chi connectivity index (χ2v) is 8.67. The number of fused-ring (bicyclic) bond motifs is 1. The Morgan fingerprint density at radius 1 is 0.824 bits per heavy atom. The molecule has 0 aliphatic carbocycles. The SMILES string of the molecule is COc1cc2nc(-c3ccsc3)nc(NCC(c3ccccc3)c3ccccc3)c2cc1OC. The van der Waals surface area contributed by atoms with Crippen LogP contribution in [0.15, 0.2) is 89.6 Å². The summed E-state index contributed by atoms with van der Waals surface area (Å²) in [5, 5.41) is 8.61. The van der Waals surface area contributed by atoms with Crippen molar-refractivity contribution in [1.29, 1.82) is 0 Å². The van der Waals surface area contributed by atoms with Crippen LogP contribution in [0.2, 0.25) is 0 Å². The summed E-state index contributed by atoms with van der Waals surface area (Å²) in [6, 6.07) is 27.0. The molecule has 0 atom stereocenters. The number of ether oxygens (including phenoxy) is 2. The number of thiophene rings is 1. The van der Waals surface area contributed by atoms with Gasteiger partial charge >= 0.3 is 0 Å². The third kappa shape index (κ3) is 4.45. The highest BCUT2D eigenvalue weighted by molar-refractivity contribution is 7.08. The number of anilines is 1. The lowest BCUT2D eigenvalue weighted by molar-refractivity contribution is 0.356. The Kier molecular flexibility index (Phi) is 6.40. The summed E-state index contributed by atoms with van der Waals surface area (Å²) < 4.78 is 11.1. The van der Waals surface area contributed by atoms with Gasteiger partial charge in [-0.05, 0) is 28.6 Å². The first-order valence-corrected chi connectivity index (χ1v) is 12.0. The number of benzene rings is 3. The van der Waals surface area contributed by atoms with Gasteiger partial charge in [0.05, 0.1) is 19.7 Å². The van der Waals surface area contributed by atoms with Gasteiger partial charge in [-0.15, -0.1) is 0 Å². The predicted molar refractivity (Wildman–Crippen MR) is 139 cm³/mol. The Morgan fingerprint density at radius 2 is 1.47 bits per heavy atom. The van der Waals surface area contributed by atoms with E-state index in [1.54, 1.807) is 25.6 Å². The van der Waals surface area contributed by atoms with Crippen LogP contribution in [0.1, 0.15) is 17.0 Å². The quantitative estimate of drug-likeness (QED) is 0.278. The van der Waals surface area contributed by atoms with Gasteiger partial charge in [-0.25, -0.2) is 9.97 Å². The molecule has 0 radical (unpaired) electrons. The summed E-state index contributed by atoms with van der Waals surface area (Å²) in [6.07, 6.45) is 0. The number of methoxy groups -OCH3 is 2. The highest BCUT2D eigenvalue weighted by Gasteiger charge is 2.18. The molecule has 0 aliphatic rings. The molecular formula is C28H25N3O2S. The highest BCUT2D eigenvalue weighted by Crippen LogP contribution is 2.36. The zero-order valence-electron chi connectivity index (χ0n) is 19.1. The van der Waals surface area contributed by atoms with E-state index in [-0.39, 0.29) is 5.92 Å². The van der Waals surface area contributed by atoms with Crippen molar-refractivity contribution in [2.45, 2.75) is 5.92 Å². The number of aromatic nitrogens is 2. The van der Waals surface area contributed by atoms with Crippen LogP contribution in [0.5, 0.6) is 11.5 Å². The molecule has 5 nitrogen and oxygen atoms in total. The fourth-order valence-electron chi connectivity index (χ4n) is 4.11. The first-order chi connectivity index (χ1) is 16.8. The Balaban J connectivity index is 1.58. The van der Waals surface area contributed by atoms with Crippen LogP contribution in [0.3, 0.4) is 0 Å². The van der Waals surface area contributed by atoms with E-state index < -0.39 is 0 Å². The molecule has 0 fully saturated rings. The smallest absolute Gasteiger partial charge is 0.162 e. The molecule has 3 aromatic carbocycles. The molecule has 0 spiro atoms. The van der Waals surface area contributed by atoms with E-state index in [2.05, 4.69) is 59.2 Å². The summed E-state index contributed by atoms with van der Waals surface area (Å²) in [5.74, 6) is 2.90. The minimum Gasteiger partial charge on any atom is -0.493 e. The molecule has 2 aromatic heterocycles. The Morgan fingerprint density at radius 3 is 2.06 bits per heavy atom. The maximum Gasteiger partial charge on any atom is 0.162 e. The topological polar surface area (TPSA) is 56.3 Å². The van der Waals surface area contributed by atoms with Crippen molar-refractivity contribution in [1.82, 2.24) is 9.97 Å². The first kappa shape index (κ1) is 21.9. The predicted octanol–water partition coefficient (Wildman–Crippen LogP) is 6.62. The summed E-state index contributed by atoms with van der Waals surface area (Å²) in [4.78, 5) is 9.75. The van der Waals surface area contributed by atoms with Gasteiger partial charge in [0.25, 0.3) is 0 Å². The van der Waals surface area contributed by atoms with Crippen LogP contribution in [0, 0.1) is 0 Å². The molecule has 170 valence electrons. The number of nitrogens with zero attached hydrogens (tertiary/aromatic N) is 2. The zero-order valence-corrected chi connectivity index (χ0v) is 19.9. The molecule has 0 saturated carbocycles. The average Bonchev–Trinajstić information content (AvgIpc) is 3.44. The van der Waals surface area contributed by atoms with Gasteiger partial charge in [-0.3, -0.25) is 0 Å². The number of hydrogen-bond acceptors (Lipinski definition) is 6. The largest absolute Gasteiger partial charge is 0.493 e. The monoisotopic (exact) mass is 467 g/mol. The zero-order chi connectivity index (χ0) is 23.3. The second-order valence-electron chi connectivity index (χ2n) is 7.89. The molecule has 1 N–H and O–H groups in total. The molecule has 0 saturated heterocycles. The van der Waals surface area contributed by atoms with Crippen molar-refractivity contribution in [3.8, 4) is 22.9 Å². The number of rotatable bonds is 8. The van der Waals surface area contributed by atoms with E-state index >= 15 is 0 Å². The van der Waals surface area contributed by atoms with Gasteiger partial charge in [0.15, 0.2) is 17.3 Å². The minimum atomic E-state index is 0.164. The van der Waals surface area contributed by atoms with E-state index in [0.29, 0.717) is 23.9 Å². The van der Waals surface area contributed by atoms with Crippen LogP contribution in [0.4, 0.5) is 5.82 Å². The normalized spacial score (nSPS) is 11.0. The maximum absolute atomic E-state index is 5.56. The van der Waals surface area contributed by atoms with E-state index in [1.807, 2.05) is 35.7 Å².